The molecule has 0 aliphatic carbocycles. The number of para-hydroxylation sites is 5. The quantitative estimate of drug-likeness (QED) is 0.120. The van der Waals surface area contributed by atoms with Gasteiger partial charge in [-0.25, -0.2) is 0 Å². The minimum absolute atomic E-state index is 0.880. The van der Waals surface area contributed by atoms with Crippen LogP contribution in [0.1, 0.15) is 0 Å². The predicted octanol–water partition coefficient (Wildman–Crippen LogP) is 26.6. The Morgan fingerprint density at radius 2 is 0.663 bits per heavy atom. The molecule has 464 valence electrons. The van der Waals surface area contributed by atoms with E-state index in [9.17, 15) is 0 Å². The molecular formula is C92H63N3O3. The second kappa shape index (κ2) is 26.0. The van der Waals surface area contributed by atoms with E-state index in [1.54, 1.807) is 0 Å². The first-order valence-corrected chi connectivity index (χ1v) is 33.1. The highest BCUT2D eigenvalue weighted by Crippen LogP contribution is 2.44. The smallest absolute Gasteiger partial charge is 0.145 e. The Bertz CT molecular complexity index is 6050. The second-order valence-electron chi connectivity index (χ2n) is 24.5. The standard InChI is InChI=1S/2C34H23NO.C24H17NO/c1-2-11-27(12-3-1)35-31-21-26(22-33-34(31)30-14-6-7-16-32(30)36-33)23-17-19-25(20-18-23)29-15-8-10-24-9-4-5-13-28(24)29;1-2-8-23(9-3-1)25-16-18-28(19-17-25)35-31-21-20-29(27-15-14-24-10-4-5-11-26(24)22-27)34-33(31)30-12-6-7-13-32(30)36-34;1-3-9-17(10-4-1)21-15-19(25-18-11-5-2-6-12-18)16-22-20-13-7-8-14-23(20)26-24(21)22/h2*1-22,35H;1-16,25H. The summed E-state index contributed by atoms with van der Waals surface area (Å²) in [5, 5.41) is 22.5. The highest BCUT2D eigenvalue weighted by atomic mass is 16.3. The van der Waals surface area contributed by atoms with Gasteiger partial charge in [0.2, 0.25) is 0 Å². The molecule has 98 heavy (non-hydrogen) atoms. The normalized spacial score (nSPS) is 11.3. The van der Waals surface area contributed by atoms with Gasteiger partial charge in [-0.05, 0) is 163 Å². The molecule has 0 saturated carbocycles. The lowest BCUT2D eigenvalue weighted by Crippen LogP contribution is -1.92. The Balaban J connectivity index is 0.000000112. The molecule has 0 atom stereocenters. The lowest BCUT2D eigenvalue weighted by atomic mass is 9.95. The van der Waals surface area contributed by atoms with Gasteiger partial charge >= 0.3 is 0 Å². The average Bonchev–Trinajstić information content (AvgIpc) is 1.59. The maximum Gasteiger partial charge on any atom is 0.145 e. The van der Waals surface area contributed by atoms with Crippen LogP contribution >= 0.6 is 0 Å². The Morgan fingerprint density at radius 3 is 1.38 bits per heavy atom. The zero-order chi connectivity index (χ0) is 65.1. The molecule has 3 aromatic heterocycles. The summed E-state index contributed by atoms with van der Waals surface area (Å²) in [4.78, 5) is 0. The van der Waals surface area contributed by atoms with Crippen LogP contribution < -0.4 is 16.0 Å². The Labute approximate surface area is 566 Å². The minimum Gasteiger partial charge on any atom is -0.456 e. The zero-order valence-corrected chi connectivity index (χ0v) is 53.4. The molecule has 16 aromatic carbocycles. The Morgan fingerprint density at radius 1 is 0.184 bits per heavy atom. The molecule has 0 amide bonds. The molecule has 0 fully saturated rings. The van der Waals surface area contributed by atoms with Crippen LogP contribution in [-0.2, 0) is 0 Å². The van der Waals surface area contributed by atoms with Crippen LogP contribution in [0.5, 0.6) is 0 Å². The lowest BCUT2D eigenvalue weighted by Gasteiger charge is -2.12. The summed E-state index contributed by atoms with van der Waals surface area (Å²) in [7, 11) is 0. The molecule has 3 N–H and O–H groups in total. The fourth-order valence-corrected chi connectivity index (χ4v) is 13.6. The van der Waals surface area contributed by atoms with Gasteiger partial charge in [0.1, 0.15) is 33.5 Å². The van der Waals surface area contributed by atoms with Crippen molar-refractivity contribution in [2.24, 2.45) is 0 Å². The molecule has 0 unspecified atom stereocenters. The maximum absolute atomic E-state index is 6.47. The monoisotopic (exact) mass is 1260 g/mol. The molecule has 0 bridgehead atoms. The molecule has 6 heteroatoms. The summed E-state index contributed by atoms with van der Waals surface area (Å²) in [6.07, 6.45) is 0. The topological polar surface area (TPSA) is 75.5 Å². The number of furan rings is 3. The Hall–Kier alpha value is -13.2. The molecule has 19 rings (SSSR count). The number of nitrogens with one attached hydrogen (secondary N) is 3. The van der Waals surface area contributed by atoms with E-state index in [0.717, 1.165) is 133 Å². The van der Waals surface area contributed by atoms with Crippen molar-refractivity contribution in [1.82, 2.24) is 0 Å². The van der Waals surface area contributed by atoms with Crippen molar-refractivity contribution in [3.8, 4) is 55.6 Å². The van der Waals surface area contributed by atoms with E-state index in [1.807, 2.05) is 84.9 Å². The Kier molecular flexibility index (Phi) is 15.5. The van der Waals surface area contributed by atoms with Crippen LogP contribution in [0.15, 0.2) is 377 Å². The number of fused-ring (bicyclic) bond motifs is 11. The largest absolute Gasteiger partial charge is 0.456 e. The van der Waals surface area contributed by atoms with Gasteiger partial charge in [-0.3, -0.25) is 0 Å². The van der Waals surface area contributed by atoms with Crippen LogP contribution in [-0.4, -0.2) is 0 Å². The minimum atomic E-state index is 0.880. The van der Waals surface area contributed by atoms with Crippen molar-refractivity contribution in [2.45, 2.75) is 0 Å². The van der Waals surface area contributed by atoms with E-state index >= 15 is 0 Å². The summed E-state index contributed by atoms with van der Waals surface area (Å²) in [6, 6.07) is 127. The number of benzene rings is 16. The number of hydrogen-bond acceptors (Lipinski definition) is 6. The maximum atomic E-state index is 6.47. The molecule has 0 saturated heterocycles. The molecule has 0 aliphatic rings. The first kappa shape index (κ1) is 58.6. The number of hydrogen-bond donors (Lipinski definition) is 3. The van der Waals surface area contributed by atoms with Gasteiger partial charge in [0.05, 0.1) is 22.1 Å². The van der Waals surface area contributed by atoms with Crippen molar-refractivity contribution >= 4 is 121 Å². The van der Waals surface area contributed by atoms with E-state index < -0.39 is 0 Å². The third kappa shape index (κ3) is 11.7. The summed E-state index contributed by atoms with van der Waals surface area (Å²) in [6.45, 7) is 0. The SMILES string of the molecule is c1ccc(-c2ccc(Nc3ccc(-c4ccc5ccccc5c4)c4oc5ccccc5c34)cc2)cc1.c1ccc(Nc2cc(-c3ccc(-c4cccc5ccccc45)cc3)cc3oc4ccccc4c23)cc1.c1ccc(Nc2cc(-c3ccccc3)c3oc4ccccc4c3c2)cc1. The van der Waals surface area contributed by atoms with Gasteiger partial charge in [-0.1, -0.05) is 267 Å². The summed E-state index contributed by atoms with van der Waals surface area (Å²) >= 11 is 0. The predicted molar refractivity (Wildman–Crippen MR) is 413 cm³/mol. The van der Waals surface area contributed by atoms with Crippen LogP contribution in [0.25, 0.3) is 143 Å². The van der Waals surface area contributed by atoms with E-state index in [4.69, 9.17) is 13.3 Å². The van der Waals surface area contributed by atoms with Gasteiger partial charge < -0.3 is 29.2 Å². The molecule has 0 spiro atoms. The van der Waals surface area contributed by atoms with Crippen LogP contribution in [0, 0.1) is 0 Å². The summed E-state index contributed by atoms with van der Waals surface area (Å²) in [5.74, 6) is 0. The van der Waals surface area contributed by atoms with Crippen molar-refractivity contribution in [3.63, 3.8) is 0 Å². The van der Waals surface area contributed by atoms with Crippen molar-refractivity contribution < 1.29 is 13.3 Å². The summed E-state index contributed by atoms with van der Waals surface area (Å²) in [5.41, 5.74) is 23.3. The summed E-state index contributed by atoms with van der Waals surface area (Å²) < 4.78 is 19.0. The van der Waals surface area contributed by atoms with E-state index in [2.05, 4.69) is 295 Å². The lowest BCUT2D eigenvalue weighted by molar-refractivity contribution is 0.669. The van der Waals surface area contributed by atoms with Crippen LogP contribution in [0.4, 0.5) is 34.1 Å². The first-order chi connectivity index (χ1) is 48.5. The van der Waals surface area contributed by atoms with Gasteiger partial charge in [-0.2, -0.15) is 0 Å². The van der Waals surface area contributed by atoms with Gasteiger partial charge in [0.15, 0.2) is 0 Å². The molecular weight excluding hydrogens is 1200 g/mol. The fraction of sp³-hybridized carbons (Fsp3) is 0. The van der Waals surface area contributed by atoms with E-state index in [1.165, 1.54) is 43.8 Å². The zero-order valence-electron chi connectivity index (χ0n) is 53.4. The number of anilines is 6. The molecule has 19 aromatic rings. The molecule has 0 aliphatic heterocycles. The van der Waals surface area contributed by atoms with Gasteiger partial charge in [0, 0.05) is 55.4 Å². The van der Waals surface area contributed by atoms with E-state index in [-0.39, 0.29) is 0 Å². The van der Waals surface area contributed by atoms with Crippen molar-refractivity contribution in [1.29, 1.82) is 0 Å². The number of rotatable bonds is 11. The highest BCUT2D eigenvalue weighted by molar-refractivity contribution is 6.17. The second-order valence-corrected chi connectivity index (χ2v) is 24.5. The van der Waals surface area contributed by atoms with E-state index in [0.29, 0.717) is 0 Å². The van der Waals surface area contributed by atoms with Crippen molar-refractivity contribution in [2.75, 3.05) is 16.0 Å². The van der Waals surface area contributed by atoms with Crippen LogP contribution in [0.3, 0.4) is 0 Å². The van der Waals surface area contributed by atoms with Gasteiger partial charge in [-0.15, -0.1) is 0 Å². The third-order valence-electron chi connectivity index (χ3n) is 18.3. The molecule has 6 nitrogen and oxygen atoms in total. The molecule has 3 heterocycles. The third-order valence-corrected chi connectivity index (χ3v) is 18.3. The molecule has 0 radical (unpaired) electrons. The highest BCUT2D eigenvalue weighted by Gasteiger charge is 2.19. The van der Waals surface area contributed by atoms with Gasteiger partial charge in [0.25, 0.3) is 0 Å². The average molecular weight is 1260 g/mol. The first-order valence-electron chi connectivity index (χ1n) is 33.1. The van der Waals surface area contributed by atoms with Crippen LogP contribution in [0.2, 0.25) is 0 Å². The van der Waals surface area contributed by atoms with Crippen molar-refractivity contribution in [3.05, 3.63) is 364 Å². The fourth-order valence-electron chi connectivity index (χ4n) is 13.6.